The van der Waals surface area contributed by atoms with Gasteiger partial charge >= 0.3 is 0 Å². The Morgan fingerprint density at radius 2 is 0.681 bits per heavy atom. The summed E-state index contributed by atoms with van der Waals surface area (Å²) in [6, 6.07) is -0.202. The summed E-state index contributed by atoms with van der Waals surface area (Å²) in [7, 11) is 0. The van der Waals surface area contributed by atoms with Crippen molar-refractivity contribution in [3.63, 3.8) is 0 Å². The number of nitrogens with one attached hydrogen (secondary N) is 2. The number of β-amino-alcohol motifs (C(OH)–C–C–N with tert-alkyl or cyclic N) is 1. The SMILES string of the molecule is CC1C(OCCCCC(=O)CCCCCC(=O)CCOCC(C)(COCCC(=O)CCCCCC(=O)CCCCOC2OC(CO)C(O)C(O)C2C)COCCC(=O)NCCCNC(=O)CCCCOC2OC(CO)C(O)C(O)C2C)OC(CO)C(O)C1O.CCC(=O)CCCCCCCCCCC(=O)N1C[C@H](O)C[C@H]1CO. The van der Waals surface area contributed by atoms with Crippen LogP contribution in [0, 0.1) is 23.2 Å². The van der Waals surface area contributed by atoms with Gasteiger partial charge in [0.25, 0.3) is 0 Å². The van der Waals surface area contributed by atoms with E-state index in [0.29, 0.717) is 167 Å². The highest BCUT2D eigenvalue weighted by Gasteiger charge is 2.45. The molecular formula is C82H147N3O28. The summed E-state index contributed by atoms with van der Waals surface area (Å²) in [5, 5.41) is 113. The number of unbranched alkanes of at least 4 members (excludes halogenated alkanes) is 14. The highest BCUT2D eigenvalue weighted by molar-refractivity contribution is 5.80. The fourth-order valence-corrected chi connectivity index (χ4v) is 13.9. The van der Waals surface area contributed by atoms with Crippen LogP contribution < -0.4 is 10.6 Å². The molecule has 0 aromatic rings. The molecule has 13 N–H and O–H groups in total. The summed E-state index contributed by atoms with van der Waals surface area (Å²) < 4.78 is 51.8. The second kappa shape index (κ2) is 61.3. The number of carbonyl (C=O) groups excluding carboxylic acids is 8. The van der Waals surface area contributed by atoms with Crippen LogP contribution in [0.3, 0.4) is 0 Å². The first kappa shape index (κ1) is 103. The van der Waals surface area contributed by atoms with Crippen molar-refractivity contribution in [3.8, 4) is 0 Å². The number of likely N-dealkylation sites (tertiary alicyclic amines) is 1. The fraction of sp³-hybridized carbons (Fsp3) is 0.902. The first-order chi connectivity index (χ1) is 54.2. The molecule has 113 heavy (non-hydrogen) atoms. The molecule has 15 unspecified atom stereocenters. The molecule has 4 aliphatic heterocycles. The van der Waals surface area contributed by atoms with E-state index < -0.39 is 123 Å². The molecule has 0 bridgehead atoms. The van der Waals surface area contributed by atoms with Gasteiger partial charge in [-0.3, -0.25) is 38.4 Å². The van der Waals surface area contributed by atoms with Gasteiger partial charge in [0, 0.05) is 146 Å². The number of amides is 3. The molecule has 3 amide bonds. The van der Waals surface area contributed by atoms with Gasteiger partial charge in [-0.1, -0.05) is 86.0 Å². The normalized spacial score (nSPS) is 26.3. The van der Waals surface area contributed by atoms with Crippen LogP contribution >= 0.6 is 0 Å². The standard InChI is InChI=1S/C63H112N2O24.C19H35NO4/c1-42-54(75)57(78)49(36-66)87-60(42)84-30-14-11-22-45(69)18-7-5-9-20-47(71)25-33-81-39-63(4,40-82-34-26-48(72)21-10-6-8-19-46(70)23-12-15-31-85-61-43(2)55(76)58(79)50(37-67)88-61)41-83-35-27-53(74)65-29-17-28-64-52(73)24-13-16-32-86-62-44(3)56(77)59(80)51(38-68)89-62;1-2-17(22)11-9-7-5-3-4-6-8-10-12-19(24)20-14-18(23)13-16(20)15-21/h42-44,49-51,54-62,66-68,75-80H,5-41H2,1-4H3,(H,64,73)(H,65,74);16,18,21,23H,2-15H2,1H3/t;16-,18+/m.0/s1. The summed E-state index contributed by atoms with van der Waals surface area (Å²) in [6.07, 6.45) is 10.0. The first-order valence-electron chi connectivity index (χ1n) is 42.4. The van der Waals surface area contributed by atoms with Crippen molar-refractivity contribution in [2.75, 3.05) is 106 Å². The molecule has 31 heteroatoms. The number of hydrogen-bond donors (Lipinski definition) is 13. The van der Waals surface area contributed by atoms with E-state index in [4.69, 9.17) is 42.6 Å². The Balaban J connectivity index is 0.00000117. The molecule has 4 aliphatic rings. The lowest BCUT2D eigenvalue weighted by Crippen LogP contribution is -2.55. The highest BCUT2D eigenvalue weighted by atomic mass is 16.7. The van der Waals surface area contributed by atoms with Crippen molar-refractivity contribution in [2.24, 2.45) is 23.2 Å². The van der Waals surface area contributed by atoms with Gasteiger partial charge in [0.1, 0.15) is 65.5 Å². The van der Waals surface area contributed by atoms with Crippen LogP contribution in [-0.2, 0) is 81.0 Å². The Bertz CT molecular complexity index is 2380. The zero-order chi connectivity index (χ0) is 83.4. The Hall–Kier alpha value is -4.04. The summed E-state index contributed by atoms with van der Waals surface area (Å²) >= 11 is 0. The smallest absolute Gasteiger partial charge is 0.222 e. The third-order valence-corrected chi connectivity index (χ3v) is 21.5. The van der Waals surface area contributed by atoms with Gasteiger partial charge in [-0.25, -0.2) is 0 Å². The quantitative estimate of drug-likeness (QED) is 0.0369. The molecular weight excluding hydrogens is 1470 g/mol. The number of aliphatic hydroxyl groups is 11. The molecule has 0 saturated carbocycles. The Morgan fingerprint density at radius 1 is 0.372 bits per heavy atom. The fourth-order valence-electron chi connectivity index (χ4n) is 13.9. The van der Waals surface area contributed by atoms with Crippen LogP contribution in [0.15, 0.2) is 0 Å². The van der Waals surface area contributed by atoms with Crippen molar-refractivity contribution < 1.29 is 137 Å². The zero-order valence-electron chi connectivity index (χ0n) is 68.7. The molecule has 0 aromatic heterocycles. The maximum absolute atomic E-state index is 12.8. The lowest BCUT2D eigenvalue weighted by atomic mass is 9.92. The number of ether oxygens (including phenoxy) is 9. The summed E-state index contributed by atoms with van der Waals surface area (Å²) in [4.78, 5) is 100. The largest absolute Gasteiger partial charge is 0.394 e. The zero-order valence-corrected chi connectivity index (χ0v) is 68.7. The topological polar surface area (TPSA) is 469 Å². The molecule has 0 spiro atoms. The molecule has 0 aromatic carbocycles. The third kappa shape index (κ3) is 43.5. The minimum Gasteiger partial charge on any atom is -0.394 e. The molecule has 4 fully saturated rings. The Kier molecular flexibility index (Phi) is 55.9. The van der Waals surface area contributed by atoms with Crippen LogP contribution in [0.25, 0.3) is 0 Å². The number of rotatable bonds is 65. The molecule has 4 saturated heterocycles. The average molecular weight is 1620 g/mol. The molecule has 4 heterocycles. The summed E-state index contributed by atoms with van der Waals surface area (Å²) in [6.45, 7) is 10.4. The number of aliphatic hydroxyl groups excluding tert-OH is 11. The molecule has 17 atom stereocenters. The van der Waals surface area contributed by atoms with E-state index in [1.165, 1.54) is 19.3 Å². The van der Waals surface area contributed by atoms with Gasteiger partial charge in [-0.05, 0) is 89.9 Å². The van der Waals surface area contributed by atoms with E-state index in [-0.39, 0.29) is 125 Å². The van der Waals surface area contributed by atoms with Crippen LogP contribution in [0.1, 0.15) is 259 Å². The van der Waals surface area contributed by atoms with Crippen molar-refractivity contribution >= 4 is 46.6 Å². The lowest BCUT2D eigenvalue weighted by molar-refractivity contribution is -0.282. The van der Waals surface area contributed by atoms with E-state index in [1.807, 2.05) is 13.8 Å². The van der Waals surface area contributed by atoms with Crippen molar-refractivity contribution in [2.45, 2.75) is 345 Å². The predicted molar refractivity (Wildman–Crippen MR) is 416 cm³/mol. The van der Waals surface area contributed by atoms with E-state index >= 15 is 0 Å². The van der Waals surface area contributed by atoms with Gasteiger partial charge in [0.15, 0.2) is 18.9 Å². The van der Waals surface area contributed by atoms with Gasteiger partial charge in [-0.2, -0.15) is 0 Å². The predicted octanol–water partition coefficient (Wildman–Crippen LogP) is 4.62. The summed E-state index contributed by atoms with van der Waals surface area (Å²) in [5.74, 6) is -1.06. The maximum Gasteiger partial charge on any atom is 0.222 e. The number of hydrogen-bond acceptors (Lipinski definition) is 28. The number of carbonyl (C=O) groups is 8. The average Bonchev–Trinajstić information content (AvgIpc) is 1.61. The van der Waals surface area contributed by atoms with Gasteiger partial charge in [0.05, 0.1) is 96.5 Å². The van der Waals surface area contributed by atoms with E-state index in [0.717, 1.165) is 51.4 Å². The van der Waals surface area contributed by atoms with E-state index in [9.17, 15) is 94.5 Å². The first-order valence-corrected chi connectivity index (χ1v) is 42.4. The Morgan fingerprint density at radius 3 is 1.04 bits per heavy atom. The van der Waals surface area contributed by atoms with Crippen molar-refractivity contribution in [3.05, 3.63) is 0 Å². The van der Waals surface area contributed by atoms with Gasteiger partial charge in [-0.15, -0.1) is 0 Å². The molecule has 658 valence electrons. The van der Waals surface area contributed by atoms with Crippen molar-refractivity contribution in [1.82, 2.24) is 15.5 Å². The molecule has 31 nitrogen and oxygen atoms in total. The van der Waals surface area contributed by atoms with Gasteiger partial charge < -0.3 is 114 Å². The second-order valence-electron chi connectivity index (χ2n) is 31.7. The summed E-state index contributed by atoms with van der Waals surface area (Å²) in [5.41, 5.74) is -0.686. The highest BCUT2D eigenvalue weighted by Crippen LogP contribution is 2.31. The number of ketones is 5. The number of nitrogens with zero attached hydrogens (tertiary/aromatic N) is 1. The van der Waals surface area contributed by atoms with E-state index in [2.05, 4.69) is 10.6 Å². The molecule has 4 rings (SSSR count). The molecule has 0 radical (unpaired) electrons. The molecule has 0 aliphatic carbocycles. The van der Waals surface area contributed by atoms with Crippen LogP contribution in [0.5, 0.6) is 0 Å². The third-order valence-electron chi connectivity index (χ3n) is 21.5. The minimum absolute atomic E-state index is 0.0406. The second-order valence-corrected chi connectivity index (χ2v) is 31.7. The Labute approximate surface area is 670 Å². The van der Waals surface area contributed by atoms with Crippen molar-refractivity contribution in [1.29, 1.82) is 0 Å². The van der Waals surface area contributed by atoms with Crippen LogP contribution in [0.2, 0.25) is 0 Å². The van der Waals surface area contributed by atoms with Crippen LogP contribution in [-0.4, -0.2) is 299 Å². The van der Waals surface area contributed by atoms with Gasteiger partial charge in [0.2, 0.25) is 17.7 Å². The minimum atomic E-state index is -1.21. The van der Waals surface area contributed by atoms with E-state index in [1.54, 1.807) is 25.7 Å². The maximum atomic E-state index is 12.8. The monoisotopic (exact) mass is 1620 g/mol. The lowest BCUT2D eigenvalue weighted by Gasteiger charge is -2.40. The number of Topliss-reactive ketones (excluding diaryl/α,β-unsaturated/α-hetero) is 5. The van der Waals surface area contributed by atoms with Crippen LogP contribution in [0.4, 0.5) is 0 Å².